The number of benzene rings is 2. The van der Waals surface area contributed by atoms with E-state index in [1.54, 1.807) is 0 Å². The highest BCUT2D eigenvalue weighted by atomic mass is 16.1. The largest absolute Gasteiger partial charge is 0.294 e. The molecule has 0 heterocycles. The van der Waals surface area contributed by atoms with Gasteiger partial charge in [0.05, 0.1) is 0 Å². The minimum Gasteiger partial charge on any atom is -0.294 e. The molecule has 0 atom stereocenters. The first-order valence-electron chi connectivity index (χ1n) is 6.34. The molecule has 2 aromatic carbocycles. The summed E-state index contributed by atoms with van der Waals surface area (Å²) in [5.74, 6) is 0.0738. The average molecular weight is 258 g/mol. The van der Waals surface area contributed by atoms with E-state index < -0.39 is 0 Å². The molecule has 0 spiro atoms. The van der Waals surface area contributed by atoms with Gasteiger partial charge in [-0.25, -0.2) is 0 Å². The zero-order chi connectivity index (χ0) is 14.1. The van der Waals surface area contributed by atoms with E-state index in [9.17, 15) is 4.79 Å². The highest BCUT2D eigenvalue weighted by molar-refractivity contribution is 6.08. The van der Waals surface area contributed by atoms with Crippen LogP contribution in [0.2, 0.25) is 0 Å². The number of fused-ring (bicyclic) bond motifs is 2. The number of hydrogen-bond donors (Lipinski definition) is 0. The number of carbonyl (C=O) groups excluding carboxylic acids is 1. The Morgan fingerprint density at radius 1 is 0.950 bits per heavy atom. The van der Waals surface area contributed by atoms with Gasteiger partial charge in [-0.15, -0.1) is 0 Å². The Hall–Kier alpha value is -2.91. The zero-order valence-corrected chi connectivity index (χ0v) is 10.7. The van der Waals surface area contributed by atoms with Crippen molar-refractivity contribution in [3.63, 3.8) is 0 Å². The summed E-state index contributed by atoms with van der Waals surface area (Å²) < 4.78 is 0. The van der Waals surface area contributed by atoms with Crippen molar-refractivity contribution in [1.82, 2.24) is 0 Å². The maximum absolute atomic E-state index is 12.1. The maximum atomic E-state index is 12.1. The van der Waals surface area contributed by atoms with Crippen LogP contribution in [0.1, 0.15) is 28.8 Å². The molecule has 94 valence electrons. The van der Waals surface area contributed by atoms with Crippen molar-refractivity contribution in [2.45, 2.75) is 12.8 Å². The third kappa shape index (κ3) is 1.77. The van der Waals surface area contributed by atoms with Crippen molar-refractivity contribution in [2.75, 3.05) is 0 Å². The van der Waals surface area contributed by atoms with Gasteiger partial charge in [-0.2, -0.15) is 10.5 Å². The highest BCUT2D eigenvalue weighted by Crippen LogP contribution is 2.35. The molecule has 1 aliphatic carbocycles. The molecule has 0 radical (unpaired) electrons. The number of carbonyl (C=O) groups is 1. The fourth-order valence-corrected chi connectivity index (χ4v) is 2.65. The van der Waals surface area contributed by atoms with Crippen LogP contribution in [-0.4, -0.2) is 5.78 Å². The molecule has 0 aromatic heterocycles. The fraction of sp³-hybridized carbons (Fsp3) is 0.118. The molecule has 0 amide bonds. The van der Waals surface area contributed by atoms with Gasteiger partial charge in [0, 0.05) is 12.0 Å². The van der Waals surface area contributed by atoms with Crippen molar-refractivity contribution in [3.05, 3.63) is 53.1 Å². The molecule has 3 heteroatoms. The normalized spacial score (nSPS) is 13.5. The lowest BCUT2D eigenvalue weighted by Gasteiger charge is -2.19. The summed E-state index contributed by atoms with van der Waals surface area (Å²) in [7, 11) is 0. The van der Waals surface area contributed by atoms with Gasteiger partial charge in [-0.05, 0) is 40.5 Å². The number of rotatable bonds is 0. The Kier molecular flexibility index (Phi) is 2.82. The smallest absolute Gasteiger partial charge is 0.163 e. The summed E-state index contributed by atoms with van der Waals surface area (Å²) in [5.41, 5.74) is 2.15. The third-order valence-electron chi connectivity index (χ3n) is 3.64. The number of ketones is 1. The third-order valence-corrected chi connectivity index (χ3v) is 3.64. The Morgan fingerprint density at radius 2 is 1.55 bits per heavy atom. The van der Waals surface area contributed by atoms with Gasteiger partial charge >= 0.3 is 0 Å². The van der Waals surface area contributed by atoms with Gasteiger partial charge in [0.25, 0.3) is 0 Å². The maximum Gasteiger partial charge on any atom is 0.163 e. The predicted molar refractivity (Wildman–Crippen MR) is 75.7 cm³/mol. The van der Waals surface area contributed by atoms with E-state index in [1.165, 1.54) is 0 Å². The first-order valence-corrected chi connectivity index (χ1v) is 6.34. The monoisotopic (exact) mass is 258 g/mol. The molecular formula is C17H10N2O. The lowest BCUT2D eigenvalue weighted by atomic mass is 9.83. The first-order chi connectivity index (χ1) is 9.74. The Morgan fingerprint density at radius 3 is 2.15 bits per heavy atom. The molecule has 0 saturated heterocycles. The summed E-state index contributed by atoms with van der Waals surface area (Å²) >= 11 is 0. The molecular weight excluding hydrogens is 248 g/mol. The van der Waals surface area contributed by atoms with Crippen LogP contribution in [0.15, 0.2) is 42.0 Å². The van der Waals surface area contributed by atoms with E-state index in [-0.39, 0.29) is 11.4 Å². The molecule has 0 fully saturated rings. The SMILES string of the molecule is N#CC(C#N)=C1CCC(=O)c2cc3ccccc3cc21. The summed E-state index contributed by atoms with van der Waals surface area (Å²) in [6.45, 7) is 0. The Balaban J connectivity index is 2.38. The number of allylic oxidation sites excluding steroid dienone is 2. The van der Waals surface area contributed by atoms with Crippen LogP contribution in [0.5, 0.6) is 0 Å². The predicted octanol–water partition coefficient (Wildman–Crippen LogP) is 3.62. The Labute approximate surface area is 116 Å². The fourth-order valence-electron chi connectivity index (χ4n) is 2.65. The van der Waals surface area contributed by atoms with E-state index in [4.69, 9.17) is 10.5 Å². The van der Waals surface area contributed by atoms with E-state index in [0.717, 1.165) is 16.3 Å². The topological polar surface area (TPSA) is 64.7 Å². The molecule has 3 nitrogen and oxygen atoms in total. The number of hydrogen-bond acceptors (Lipinski definition) is 3. The number of Topliss-reactive ketones (excluding diaryl/α,β-unsaturated/α-hetero) is 1. The lowest BCUT2D eigenvalue weighted by molar-refractivity contribution is 0.0981. The second-order valence-electron chi connectivity index (χ2n) is 4.75. The first kappa shape index (κ1) is 12.1. The quantitative estimate of drug-likeness (QED) is 0.678. The summed E-state index contributed by atoms with van der Waals surface area (Å²) in [6.07, 6.45) is 0.814. The van der Waals surface area contributed by atoms with Gasteiger partial charge in [0.1, 0.15) is 17.7 Å². The molecule has 0 N–H and O–H groups in total. The van der Waals surface area contributed by atoms with E-state index >= 15 is 0 Å². The van der Waals surface area contributed by atoms with Crippen molar-refractivity contribution >= 4 is 22.1 Å². The van der Waals surface area contributed by atoms with Crippen LogP contribution in [0, 0.1) is 22.7 Å². The van der Waals surface area contributed by atoms with Crippen LogP contribution in [0.25, 0.3) is 16.3 Å². The lowest BCUT2D eigenvalue weighted by Crippen LogP contribution is -2.11. The standard InChI is InChI=1S/C17H10N2O/c18-9-13(10-19)14-5-6-17(20)16-8-12-4-2-1-3-11(12)7-15(14)16/h1-4,7-8H,5-6H2. The van der Waals surface area contributed by atoms with E-state index in [2.05, 4.69) is 0 Å². The minimum absolute atomic E-state index is 0.0738. The van der Waals surface area contributed by atoms with Crippen LogP contribution in [-0.2, 0) is 0 Å². The van der Waals surface area contributed by atoms with Crippen LogP contribution >= 0.6 is 0 Å². The van der Waals surface area contributed by atoms with Crippen LogP contribution < -0.4 is 0 Å². The van der Waals surface area contributed by atoms with Gasteiger partial charge in [0.15, 0.2) is 5.78 Å². The van der Waals surface area contributed by atoms with E-state index in [0.29, 0.717) is 24.0 Å². The van der Waals surface area contributed by atoms with Gasteiger partial charge in [-0.1, -0.05) is 24.3 Å². The van der Waals surface area contributed by atoms with Crippen LogP contribution in [0.3, 0.4) is 0 Å². The second-order valence-corrected chi connectivity index (χ2v) is 4.75. The number of nitriles is 2. The average Bonchev–Trinajstić information content (AvgIpc) is 2.49. The second kappa shape index (κ2) is 4.64. The molecule has 0 bridgehead atoms. The zero-order valence-electron chi connectivity index (χ0n) is 10.7. The number of nitrogens with zero attached hydrogens (tertiary/aromatic N) is 2. The molecule has 0 saturated carbocycles. The molecule has 0 unspecified atom stereocenters. The summed E-state index contributed by atoms with van der Waals surface area (Å²) in [4.78, 5) is 12.1. The van der Waals surface area contributed by atoms with Gasteiger partial charge < -0.3 is 0 Å². The van der Waals surface area contributed by atoms with Gasteiger partial charge in [0.2, 0.25) is 0 Å². The van der Waals surface area contributed by atoms with Gasteiger partial charge in [-0.3, -0.25) is 4.79 Å². The summed E-state index contributed by atoms with van der Waals surface area (Å²) in [6, 6.07) is 15.4. The molecule has 1 aliphatic rings. The van der Waals surface area contributed by atoms with Crippen molar-refractivity contribution in [3.8, 4) is 12.1 Å². The van der Waals surface area contributed by atoms with E-state index in [1.807, 2.05) is 48.5 Å². The van der Waals surface area contributed by atoms with Crippen molar-refractivity contribution < 1.29 is 4.79 Å². The van der Waals surface area contributed by atoms with Crippen molar-refractivity contribution in [1.29, 1.82) is 10.5 Å². The molecule has 3 rings (SSSR count). The Bertz CT molecular complexity index is 831. The van der Waals surface area contributed by atoms with Crippen LogP contribution in [0.4, 0.5) is 0 Å². The molecule has 0 aliphatic heterocycles. The van der Waals surface area contributed by atoms with Crippen molar-refractivity contribution in [2.24, 2.45) is 0 Å². The molecule has 2 aromatic rings. The molecule has 20 heavy (non-hydrogen) atoms. The summed E-state index contributed by atoms with van der Waals surface area (Å²) in [5, 5.41) is 20.1. The highest BCUT2D eigenvalue weighted by Gasteiger charge is 2.24. The minimum atomic E-state index is 0.0738.